The van der Waals surface area contributed by atoms with E-state index in [1.54, 1.807) is 4.90 Å². The van der Waals surface area contributed by atoms with E-state index < -0.39 is 5.91 Å². The monoisotopic (exact) mass is 292 g/mol. The summed E-state index contributed by atoms with van der Waals surface area (Å²) in [6, 6.07) is 7.39. The Labute approximate surface area is 125 Å². The van der Waals surface area contributed by atoms with Crippen LogP contribution in [0.3, 0.4) is 0 Å². The van der Waals surface area contributed by atoms with Gasteiger partial charge in [0.15, 0.2) is 0 Å². The Morgan fingerprint density at radius 3 is 2.57 bits per heavy atom. The van der Waals surface area contributed by atoms with Gasteiger partial charge in [-0.1, -0.05) is 31.5 Å². The molecule has 0 aliphatic carbocycles. The standard InChI is InChI=1S/C15H24N4O2/c1-2-3-8-19(10-14(17)20)11-15(21)18-13-7-5-4-6-12(13)9-16/h4-7H,2-3,8-11,16H2,1H3,(H2,17,20)(H,18,21). The van der Waals surface area contributed by atoms with E-state index in [9.17, 15) is 9.59 Å². The number of rotatable bonds is 9. The second-order valence-corrected chi connectivity index (χ2v) is 4.94. The van der Waals surface area contributed by atoms with Gasteiger partial charge in [-0.15, -0.1) is 0 Å². The van der Waals surface area contributed by atoms with Gasteiger partial charge in [0.25, 0.3) is 0 Å². The minimum Gasteiger partial charge on any atom is -0.369 e. The summed E-state index contributed by atoms with van der Waals surface area (Å²) in [6.07, 6.45) is 1.91. The number of hydrogen-bond acceptors (Lipinski definition) is 4. The lowest BCUT2D eigenvalue weighted by atomic mass is 10.2. The van der Waals surface area contributed by atoms with Gasteiger partial charge in [0.2, 0.25) is 11.8 Å². The second kappa shape index (κ2) is 9.10. The fraction of sp³-hybridized carbons (Fsp3) is 0.467. The number of para-hydroxylation sites is 1. The molecule has 0 spiro atoms. The van der Waals surface area contributed by atoms with Gasteiger partial charge in [-0.05, 0) is 24.6 Å². The second-order valence-electron chi connectivity index (χ2n) is 4.94. The molecule has 1 rings (SSSR count). The summed E-state index contributed by atoms with van der Waals surface area (Å²) in [7, 11) is 0. The number of unbranched alkanes of at least 4 members (excludes halogenated alkanes) is 1. The molecule has 1 aromatic carbocycles. The molecule has 0 bridgehead atoms. The molecule has 0 atom stereocenters. The molecule has 1 aromatic rings. The molecule has 0 aromatic heterocycles. The first-order chi connectivity index (χ1) is 10.1. The maximum absolute atomic E-state index is 12.1. The van der Waals surface area contributed by atoms with E-state index in [2.05, 4.69) is 12.2 Å². The van der Waals surface area contributed by atoms with Crippen molar-refractivity contribution < 1.29 is 9.59 Å². The van der Waals surface area contributed by atoms with Gasteiger partial charge >= 0.3 is 0 Å². The first-order valence-corrected chi connectivity index (χ1v) is 7.15. The van der Waals surface area contributed by atoms with Crippen molar-refractivity contribution in [1.29, 1.82) is 0 Å². The summed E-state index contributed by atoms with van der Waals surface area (Å²) < 4.78 is 0. The summed E-state index contributed by atoms with van der Waals surface area (Å²) in [5.74, 6) is -0.602. The third-order valence-corrected chi connectivity index (χ3v) is 3.09. The third-order valence-electron chi connectivity index (χ3n) is 3.09. The molecule has 21 heavy (non-hydrogen) atoms. The summed E-state index contributed by atoms with van der Waals surface area (Å²) in [5, 5.41) is 2.83. The van der Waals surface area contributed by atoms with Gasteiger partial charge in [-0.2, -0.15) is 0 Å². The van der Waals surface area contributed by atoms with Crippen LogP contribution < -0.4 is 16.8 Å². The summed E-state index contributed by atoms with van der Waals surface area (Å²) in [6.45, 7) is 3.32. The topological polar surface area (TPSA) is 101 Å². The summed E-state index contributed by atoms with van der Waals surface area (Å²) in [4.78, 5) is 24.9. The number of benzene rings is 1. The predicted molar refractivity (Wildman–Crippen MR) is 83.5 cm³/mol. The number of nitrogens with zero attached hydrogens (tertiary/aromatic N) is 1. The number of hydrogen-bond donors (Lipinski definition) is 3. The van der Waals surface area contributed by atoms with Crippen molar-refractivity contribution in [1.82, 2.24) is 4.90 Å². The normalized spacial score (nSPS) is 10.6. The quantitative estimate of drug-likeness (QED) is 0.622. The van der Waals surface area contributed by atoms with Crippen LogP contribution in [0.2, 0.25) is 0 Å². The smallest absolute Gasteiger partial charge is 0.238 e. The molecule has 6 heteroatoms. The van der Waals surface area contributed by atoms with Gasteiger partial charge in [0, 0.05) is 12.2 Å². The average molecular weight is 292 g/mol. The Balaban J connectivity index is 2.62. The Hall–Kier alpha value is -1.92. The zero-order chi connectivity index (χ0) is 15.7. The molecule has 0 saturated heterocycles. The van der Waals surface area contributed by atoms with Crippen LogP contribution in [-0.4, -0.2) is 36.3 Å². The van der Waals surface area contributed by atoms with Gasteiger partial charge in [-0.25, -0.2) is 0 Å². The number of amides is 2. The number of carbonyl (C=O) groups excluding carboxylic acids is 2. The van der Waals surface area contributed by atoms with E-state index in [0.29, 0.717) is 18.8 Å². The minimum atomic E-state index is -0.429. The van der Waals surface area contributed by atoms with E-state index in [0.717, 1.165) is 18.4 Å². The average Bonchev–Trinajstić information content (AvgIpc) is 2.44. The maximum Gasteiger partial charge on any atom is 0.238 e. The van der Waals surface area contributed by atoms with E-state index in [4.69, 9.17) is 11.5 Å². The predicted octanol–water partition coefficient (Wildman–Crippen LogP) is 0.671. The molecule has 2 amide bonds. The molecule has 0 unspecified atom stereocenters. The zero-order valence-electron chi connectivity index (χ0n) is 12.5. The van der Waals surface area contributed by atoms with Crippen molar-refractivity contribution in [3.63, 3.8) is 0 Å². The molecule has 0 aliphatic heterocycles. The van der Waals surface area contributed by atoms with Gasteiger partial charge in [-0.3, -0.25) is 14.5 Å². The van der Waals surface area contributed by atoms with Crippen LogP contribution in [0.15, 0.2) is 24.3 Å². The highest BCUT2D eigenvalue weighted by Crippen LogP contribution is 2.13. The molecule has 0 fully saturated rings. The maximum atomic E-state index is 12.1. The van der Waals surface area contributed by atoms with Crippen LogP contribution in [0.1, 0.15) is 25.3 Å². The summed E-state index contributed by atoms with van der Waals surface area (Å²) in [5.41, 5.74) is 12.4. The van der Waals surface area contributed by atoms with Crippen molar-refractivity contribution in [2.75, 3.05) is 25.0 Å². The molecule has 6 nitrogen and oxygen atoms in total. The lowest BCUT2D eigenvalue weighted by molar-refractivity contribution is -0.121. The molecule has 116 valence electrons. The van der Waals surface area contributed by atoms with Crippen molar-refractivity contribution in [2.24, 2.45) is 11.5 Å². The van der Waals surface area contributed by atoms with Crippen molar-refractivity contribution in [3.05, 3.63) is 29.8 Å². The highest BCUT2D eigenvalue weighted by molar-refractivity contribution is 5.93. The van der Waals surface area contributed by atoms with Gasteiger partial charge in [0.05, 0.1) is 13.1 Å². The third kappa shape index (κ3) is 6.37. The van der Waals surface area contributed by atoms with E-state index in [1.807, 2.05) is 24.3 Å². The van der Waals surface area contributed by atoms with Gasteiger partial charge < -0.3 is 16.8 Å². The van der Waals surface area contributed by atoms with Crippen LogP contribution in [0.25, 0.3) is 0 Å². The van der Waals surface area contributed by atoms with Crippen molar-refractivity contribution in [2.45, 2.75) is 26.3 Å². The van der Waals surface area contributed by atoms with Crippen molar-refractivity contribution in [3.8, 4) is 0 Å². The number of carbonyl (C=O) groups is 2. The summed E-state index contributed by atoms with van der Waals surface area (Å²) >= 11 is 0. The Morgan fingerprint density at radius 1 is 1.24 bits per heavy atom. The SMILES string of the molecule is CCCCN(CC(N)=O)CC(=O)Nc1ccccc1CN. The molecule has 0 radical (unpaired) electrons. The molecule has 0 aliphatic rings. The largest absolute Gasteiger partial charge is 0.369 e. The first-order valence-electron chi connectivity index (χ1n) is 7.15. The first kappa shape index (κ1) is 17.1. The lowest BCUT2D eigenvalue weighted by Gasteiger charge is -2.20. The van der Waals surface area contributed by atoms with Crippen LogP contribution >= 0.6 is 0 Å². The number of nitrogens with two attached hydrogens (primary N) is 2. The highest BCUT2D eigenvalue weighted by Gasteiger charge is 2.13. The van der Waals surface area contributed by atoms with Crippen LogP contribution in [-0.2, 0) is 16.1 Å². The molecule has 0 heterocycles. The Morgan fingerprint density at radius 2 is 1.95 bits per heavy atom. The fourth-order valence-electron chi connectivity index (χ4n) is 2.03. The fourth-order valence-corrected chi connectivity index (χ4v) is 2.03. The minimum absolute atomic E-state index is 0.0892. The molecular formula is C15H24N4O2. The highest BCUT2D eigenvalue weighted by atomic mass is 16.2. The van der Waals surface area contributed by atoms with Crippen LogP contribution in [0, 0.1) is 0 Å². The van der Waals surface area contributed by atoms with Crippen molar-refractivity contribution >= 4 is 17.5 Å². The van der Waals surface area contributed by atoms with Gasteiger partial charge in [0.1, 0.15) is 0 Å². The Bertz CT molecular complexity index is 476. The molecule has 5 N–H and O–H groups in total. The van der Waals surface area contributed by atoms with E-state index in [-0.39, 0.29) is 19.0 Å². The van der Waals surface area contributed by atoms with E-state index in [1.165, 1.54) is 0 Å². The lowest BCUT2D eigenvalue weighted by Crippen LogP contribution is -2.39. The van der Waals surface area contributed by atoms with Crippen LogP contribution in [0.4, 0.5) is 5.69 Å². The number of nitrogens with one attached hydrogen (secondary N) is 1. The Kier molecular flexibility index (Phi) is 7.42. The molecule has 0 saturated carbocycles. The molecular weight excluding hydrogens is 268 g/mol. The van der Waals surface area contributed by atoms with E-state index >= 15 is 0 Å². The number of primary amides is 1. The van der Waals surface area contributed by atoms with Crippen LogP contribution in [0.5, 0.6) is 0 Å². The zero-order valence-corrected chi connectivity index (χ0v) is 12.5. The number of anilines is 1.